The lowest BCUT2D eigenvalue weighted by atomic mass is 10.1. The van der Waals surface area contributed by atoms with E-state index >= 15 is 0 Å². The first-order valence-electron chi connectivity index (χ1n) is 8.48. The lowest BCUT2D eigenvalue weighted by Gasteiger charge is -2.23. The van der Waals surface area contributed by atoms with E-state index < -0.39 is 0 Å². The number of methoxy groups -OCH3 is 1. The summed E-state index contributed by atoms with van der Waals surface area (Å²) < 4.78 is 11.4. The predicted molar refractivity (Wildman–Crippen MR) is 94.3 cm³/mol. The zero-order chi connectivity index (χ0) is 16.8. The van der Waals surface area contributed by atoms with Crippen LogP contribution in [0.3, 0.4) is 0 Å². The number of likely N-dealkylation sites (tertiary alicyclic amines) is 1. The zero-order valence-electron chi connectivity index (χ0n) is 14.1. The van der Waals surface area contributed by atoms with Gasteiger partial charge in [-0.3, -0.25) is 4.90 Å². The van der Waals surface area contributed by atoms with Gasteiger partial charge in [-0.05, 0) is 42.6 Å². The van der Waals surface area contributed by atoms with Crippen LogP contribution in [-0.4, -0.2) is 36.3 Å². The molecule has 1 heterocycles. The van der Waals surface area contributed by atoms with Crippen molar-refractivity contribution in [3.63, 3.8) is 0 Å². The van der Waals surface area contributed by atoms with Crippen LogP contribution in [0, 0.1) is 0 Å². The quantitative estimate of drug-likeness (QED) is 0.848. The van der Waals surface area contributed by atoms with Crippen molar-refractivity contribution in [1.29, 1.82) is 0 Å². The minimum absolute atomic E-state index is 0.230. The molecule has 0 radical (unpaired) electrons. The minimum Gasteiger partial charge on any atom is -0.493 e. The van der Waals surface area contributed by atoms with Crippen molar-refractivity contribution in [2.45, 2.75) is 32.0 Å². The molecule has 1 N–H and O–H groups in total. The first-order chi connectivity index (χ1) is 11.8. The summed E-state index contributed by atoms with van der Waals surface area (Å²) in [7, 11) is 1.66. The average molecular weight is 327 g/mol. The monoisotopic (exact) mass is 327 g/mol. The molecule has 0 amide bonds. The maximum Gasteiger partial charge on any atom is 0.161 e. The van der Waals surface area contributed by atoms with Gasteiger partial charge in [0.1, 0.15) is 6.61 Å². The van der Waals surface area contributed by atoms with Crippen LogP contribution in [-0.2, 0) is 13.2 Å². The molecule has 24 heavy (non-hydrogen) atoms. The van der Waals surface area contributed by atoms with E-state index in [0.717, 1.165) is 43.0 Å². The minimum atomic E-state index is 0.230. The van der Waals surface area contributed by atoms with E-state index in [1.807, 2.05) is 36.4 Å². The second-order valence-corrected chi connectivity index (χ2v) is 6.21. The molecule has 1 aliphatic rings. The molecule has 0 saturated carbocycles. The van der Waals surface area contributed by atoms with Crippen molar-refractivity contribution in [3.8, 4) is 11.5 Å². The number of nitrogens with zero attached hydrogens (tertiary/aromatic N) is 1. The van der Waals surface area contributed by atoms with Crippen LogP contribution >= 0.6 is 0 Å². The van der Waals surface area contributed by atoms with Gasteiger partial charge in [-0.15, -0.1) is 0 Å². The van der Waals surface area contributed by atoms with Crippen LogP contribution in [0.15, 0.2) is 48.5 Å². The summed E-state index contributed by atoms with van der Waals surface area (Å²) in [6.07, 6.45) is 2.22. The summed E-state index contributed by atoms with van der Waals surface area (Å²) in [5, 5.41) is 9.48. The summed E-state index contributed by atoms with van der Waals surface area (Å²) in [5.41, 5.74) is 2.31. The van der Waals surface area contributed by atoms with Crippen molar-refractivity contribution in [2.75, 3.05) is 20.3 Å². The third-order valence-corrected chi connectivity index (χ3v) is 4.56. The highest BCUT2D eigenvalue weighted by atomic mass is 16.5. The highest BCUT2D eigenvalue weighted by Crippen LogP contribution is 2.30. The molecule has 1 aliphatic heterocycles. The third-order valence-electron chi connectivity index (χ3n) is 4.56. The van der Waals surface area contributed by atoms with E-state index in [1.165, 1.54) is 5.56 Å². The summed E-state index contributed by atoms with van der Waals surface area (Å²) in [5.74, 6) is 1.51. The van der Waals surface area contributed by atoms with E-state index in [4.69, 9.17) is 9.47 Å². The average Bonchev–Trinajstić information content (AvgIpc) is 3.08. The summed E-state index contributed by atoms with van der Waals surface area (Å²) in [6.45, 7) is 2.62. The number of rotatable bonds is 7. The first-order valence-corrected chi connectivity index (χ1v) is 8.48. The molecule has 4 heteroatoms. The lowest BCUT2D eigenvalue weighted by Crippen LogP contribution is -2.31. The third kappa shape index (κ3) is 4.08. The van der Waals surface area contributed by atoms with Crippen molar-refractivity contribution >= 4 is 0 Å². The maximum atomic E-state index is 9.48. The Morgan fingerprint density at radius 1 is 1.08 bits per heavy atom. The molecule has 128 valence electrons. The van der Waals surface area contributed by atoms with Crippen LogP contribution in [0.4, 0.5) is 0 Å². The zero-order valence-corrected chi connectivity index (χ0v) is 14.1. The first kappa shape index (κ1) is 16.8. The largest absolute Gasteiger partial charge is 0.493 e. The Balaban J connectivity index is 1.70. The van der Waals surface area contributed by atoms with Crippen LogP contribution in [0.2, 0.25) is 0 Å². The highest BCUT2D eigenvalue weighted by Gasteiger charge is 2.23. The topological polar surface area (TPSA) is 41.9 Å². The van der Waals surface area contributed by atoms with Gasteiger partial charge in [0.15, 0.2) is 11.5 Å². The molecule has 0 aliphatic carbocycles. The van der Waals surface area contributed by atoms with Crippen LogP contribution in [0.5, 0.6) is 11.5 Å². The molecule has 2 aromatic carbocycles. The molecule has 0 bridgehead atoms. The fourth-order valence-corrected chi connectivity index (χ4v) is 3.21. The number of aliphatic hydroxyl groups excluding tert-OH is 1. The van der Waals surface area contributed by atoms with E-state index in [9.17, 15) is 5.11 Å². The Morgan fingerprint density at radius 3 is 2.67 bits per heavy atom. The molecule has 3 rings (SSSR count). The highest BCUT2D eigenvalue weighted by molar-refractivity contribution is 5.43. The van der Waals surface area contributed by atoms with Gasteiger partial charge >= 0.3 is 0 Å². The van der Waals surface area contributed by atoms with Crippen LogP contribution in [0.1, 0.15) is 24.0 Å². The molecule has 0 spiro atoms. The van der Waals surface area contributed by atoms with Crippen molar-refractivity contribution in [2.24, 2.45) is 0 Å². The van der Waals surface area contributed by atoms with Crippen molar-refractivity contribution in [1.82, 2.24) is 4.90 Å². The van der Waals surface area contributed by atoms with Gasteiger partial charge in [0.25, 0.3) is 0 Å². The second-order valence-electron chi connectivity index (χ2n) is 6.21. The molecule has 1 atom stereocenters. The van der Waals surface area contributed by atoms with Gasteiger partial charge in [-0.1, -0.05) is 36.4 Å². The number of ether oxygens (including phenoxy) is 2. The Bertz CT molecular complexity index is 645. The van der Waals surface area contributed by atoms with Gasteiger partial charge in [0, 0.05) is 12.6 Å². The molecule has 1 fully saturated rings. The summed E-state index contributed by atoms with van der Waals surface area (Å²) in [6, 6.07) is 16.5. The second kappa shape index (κ2) is 8.18. The standard InChI is InChI=1S/C20H25NO3/c1-23-19-10-9-17(13-21-11-5-8-18(21)14-22)12-20(19)24-15-16-6-3-2-4-7-16/h2-4,6-7,9-10,12,18,22H,5,8,11,13-15H2,1H3/t18-/m1/s1. The molecule has 0 unspecified atom stereocenters. The lowest BCUT2D eigenvalue weighted by molar-refractivity contribution is 0.153. The van der Waals surface area contributed by atoms with E-state index in [2.05, 4.69) is 17.0 Å². The van der Waals surface area contributed by atoms with E-state index in [0.29, 0.717) is 6.61 Å². The fraction of sp³-hybridized carbons (Fsp3) is 0.400. The summed E-state index contributed by atoms with van der Waals surface area (Å²) >= 11 is 0. The number of hydrogen-bond acceptors (Lipinski definition) is 4. The molecule has 0 aromatic heterocycles. The van der Waals surface area contributed by atoms with Gasteiger partial charge in [-0.2, -0.15) is 0 Å². The van der Waals surface area contributed by atoms with E-state index in [1.54, 1.807) is 7.11 Å². The molecular weight excluding hydrogens is 302 g/mol. The van der Waals surface area contributed by atoms with Gasteiger partial charge < -0.3 is 14.6 Å². The van der Waals surface area contributed by atoms with E-state index in [-0.39, 0.29) is 12.6 Å². The smallest absolute Gasteiger partial charge is 0.161 e. The Hall–Kier alpha value is -2.04. The van der Waals surface area contributed by atoms with Gasteiger partial charge in [-0.25, -0.2) is 0 Å². The van der Waals surface area contributed by atoms with Gasteiger partial charge in [0.05, 0.1) is 13.7 Å². The Kier molecular flexibility index (Phi) is 5.72. The number of aliphatic hydroxyl groups is 1. The molecule has 1 saturated heterocycles. The predicted octanol–water partition coefficient (Wildman–Crippen LogP) is 3.23. The number of benzene rings is 2. The normalized spacial score (nSPS) is 17.8. The Labute approximate surface area is 143 Å². The van der Waals surface area contributed by atoms with Crippen molar-refractivity contribution < 1.29 is 14.6 Å². The molecular formula is C20H25NO3. The SMILES string of the molecule is COc1ccc(CN2CCC[C@@H]2CO)cc1OCc1ccccc1. The fourth-order valence-electron chi connectivity index (χ4n) is 3.21. The summed E-state index contributed by atoms with van der Waals surface area (Å²) in [4.78, 5) is 2.34. The van der Waals surface area contributed by atoms with Gasteiger partial charge in [0.2, 0.25) is 0 Å². The number of hydrogen-bond donors (Lipinski definition) is 1. The maximum absolute atomic E-state index is 9.48. The van der Waals surface area contributed by atoms with Crippen LogP contribution in [0.25, 0.3) is 0 Å². The Morgan fingerprint density at radius 2 is 1.92 bits per heavy atom. The van der Waals surface area contributed by atoms with Crippen LogP contribution < -0.4 is 9.47 Å². The van der Waals surface area contributed by atoms with Crippen molar-refractivity contribution in [3.05, 3.63) is 59.7 Å². The molecule has 2 aromatic rings. The molecule has 4 nitrogen and oxygen atoms in total.